The molecule has 0 spiro atoms. The third-order valence-corrected chi connectivity index (χ3v) is 4.91. The van der Waals surface area contributed by atoms with Crippen molar-refractivity contribution >= 4 is 5.91 Å². The van der Waals surface area contributed by atoms with E-state index in [0.29, 0.717) is 18.2 Å². The maximum atomic E-state index is 12.5. The van der Waals surface area contributed by atoms with Gasteiger partial charge in [0.15, 0.2) is 0 Å². The van der Waals surface area contributed by atoms with Crippen LogP contribution in [0.3, 0.4) is 0 Å². The number of hydrogen-bond acceptors (Lipinski definition) is 3. The SMILES string of the molecule is CCn1cc(CN2CCCN(C(=O)C[C@@H]3C=CCC3)CC2)cn1. The number of carbonyl (C=O) groups excluding carboxylic acids is 1. The summed E-state index contributed by atoms with van der Waals surface area (Å²) in [5.41, 5.74) is 1.27. The number of nitrogens with zero attached hydrogens (tertiary/aromatic N) is 4. The van der Waals surface area contributed by atoms with Gasteiger partial charge in [-0.15, -0.1) is 0 Å². The van der Waals surface area contributed by atoms with E-state index in [1.54, 1.807) is 0 Å². The molecule has 1 aliphatic heterocycles. The maximum absolute atomic E-state index is 12.5. The van der Waals surface area contributed by atoms with Gasteiger partial charge in [-0.25, -0.2) is 0 Å². The Kier molecular flexibility index (Phi) is 5.49. The molecule has 0 radical (unpaired) electrons. The topological polar surface area (TPSA) is 41.4 Å². The molecule has 1 aromatic heterocycles. The van der Waals surface area contributed by atoms with Gasteiger partial charge >= 0.3 is 0 Å². The van der Waals surface area contributed by atoms with Crippen molar-refractivity contribution in [2.75, 3.05) is 26.2 Å². The Morgan fingerprint density at radius 2 is 2.22 bits per heavy atom. The van der Waals surface area contributed by atoms with Crippen LogP contribution in [0, 0.1) is 5.92 Å². The summed E-state index contributed by atoms with van der Waals surface area (Å²) in [6.07, 6.45) is 12.5. The van der Waals surface area contributed by atoms with E-state index in [2.05, 4.69) is 40.2 Å². The summed E-state index contributed by atoms with van der Waals surface area (Å²) in [4.78, 5) is 17.0. The van der Waals surface area contributed by atoms with E-state index in [1.165, 1.54) is 5.56 Å². The predicted octanol–water partition coefficient (Wildman–Crippen LogP) is 2.29. The Labute approximate surface area is 138 Å². The second kappa shape index (κ2) is 7.77. The Morgan fingerprint density at radius 1 is 1.30 bits per heavy atom. The highest BCUT2D eigenvalue weighted by Gasteiger charge is 2.22. The highest BCUT2D eigenvalue weighted by atomic mass is 16.2. The van der Waals surface area contributed by atoms with Gasteiger partial charge in [-0.2, -0.15) is 5.10 Å². The molecule has 1 saturated heterocycles. The van der Waals surface area contributed by atoms with Crippen LogP contribution < -0.4 is 0 Å². The molecule has 126 valence electrons. The zero-order valence-electron chi connectivity index (χ0n) is 14.2. The molecule has 5 heteroatoms. The van der Waals surface area contributed by atoms with Crippen molar-refractivity contribution in [1.82, 2.24) is 19.6 Å². The summed E-state index contributed by atoms with van der Waals surface area (Å²) in [6, 6.07) is 0. The highest BCUT2D eigenvalue weighted by Crippen LogP contribution is 2.21. The van der Waals surface area contributed by atoms with Crippen molar-refractivity contribution in [2.24, 2.45) is 5.92 Å². The molecule has 2 aliphatic rings. The van der Waals surface area contributed by atoms with Gasteiger partial charge in [0.05, 0.1) is 6.20 Å². The average molecular weight is 316 g/mol. The molecule has 1 amide bonds. The predicted molar refractivity (Wildman–Crippen MR) is 90.9 cm³/mol. The molecule has 1 fully saturated rings. The lowest BCUT2D eigenvalue weighted by molar-refractivity contribution is -0.131. The van der Waals surface area contributed by atoms with Gasteiger partial charge in [-0.05, 0) is 32.1 Å². The largest absolute Gasteiger partial charge is 0.341 e. The smallest absolute Gasteiger partial charge is 0.223 e. The second-order valence-corrected chi connectivity index (χ2v) is 6.68. The van der Waals surface area contributed by atoms with Crippen molar-refractivity contribution in [2.45, 2.75) is 45.7 Å². The quantitative estimate of drug-likeness (QED) is 0.783. The molecular weight excluding hydrogens is 288 g/mol. The van der Waals surface area contributed by atoms with E-state index < -0.39 is 0 Å². The number of rotatable bonds is 5. The van der Waals surface area contributed by atoms with E-state index >= 15 is 0 Å². The lowest BCUT2D eigenvalue weighted by Gasteiger charge is -2.22. The normalized spacial score (nSPS) is 22.5. The Hall–Kier alpha value is -1.62. The third-order valence-electron chi connectivity index (χ3n) is 4.91. The van der Waals surface area contributed by atoms with Gasteiger partial charge in [-0.3, -0.25) is 14.4 Å². The first-order chi connectivity index (χ1) is 11.2. The summed E-state index contributed by atoms with van der Waals surface area (Å²) < 4.78 is 1.97. The molecule has 0 saturated carbocycles. The number of aryl methyl sites for hydroxylation is 1. The van der Waals surface area contributed by atoms with Crippen LogP contribution in [0.4, 0.5) is 0 Å². The molecule has 3 rings (SSSR count). The number of carbonyl (C=O) groups is 1. The van der Waals surface area contributed by atoms with Crippen LogP contribution in [0.1, 0.15) is 38.2 Å². The average Bonchev–Trinajstić information content (AvgIpc) is 3.16. The van der Waals surface area contributed by atoms with Crippen molar-refractivity contribution in [3.8, 4) is 0 Å². The number of allylic oxidation sites excluding steroid dienone is 2. The first-order valence-electron chi connectivity index (χ1n) is 8.92. The summed E-state index contributed by atoms with van der Waals surface area (Å²) in [6.45, 7) is 7.74. The fraction of sp³-hybridized carbons (Fsp3) is 0.667. The maximum Gasteiger partial charge on any atom is 0.223 e. The summed E-state index contributed by atoms with van der Waals surface area (Å²) in [5.74, 6) is 0.809. The van der Waals surface area contributed by atoms with E-state index in [9.17, 15) is 4.79 Å². The van der Waals surface area contributed by atoms with Crippen molar-refractivity contribution in [3.05, 3.63) is 30.1 Å². The van der Waals surface area contributed by atoms with Crippen LogP contribution in [-0.4, -0.2) is 51.7 Å². The molecule has 2 heterocycles. The molecule has 1 aliphatic carbocycles. The van der Waals surface area contributed by atoms with Crippen LogP contribution in [0.25, 0.3) is 0 Å². The molecule has 0 unspecified atom stereocenters. The first kappa shape index (κ1) is 16.2. The summed E-state index contributed by atoms with van der Waals surface area (Å²) in [5, 5.41) is 4.34. The molecule has 1 atom stereocenters. The first-order valence-corrected chi connectivity index (χ1v) is 8.92. The van der Waals surface area contributed by atoms with Gasteiger partial charge in [0.2, 0.25) is 5.91 Å². The molecule has 0 aromatic carbocycles. The third kappa shape index (κ3) is 4.44. The zero-order valence-corrected chi connectivity index (χ0v) is 14.2. The van der Waals surface area contributed by atoms with Gasteiger partial charge in [0.25, 0.3) is 0 Å². The second-order valence-electron chi connectivity index (χ2n) is 6.68. The van der Waals surface area contributed by atoms with E-state index in [-0.39, 0.29) is 0 Å². The van der Waals surface area contributed by atoms with E-state index in [1.807, 2.05) is 10.9 Å². The number of aromatic nitrogens is 2. The summed E-state index contributed by atoms with van der Waals surface area (Å²) in [7, 11) is 0. The molecular formula is C18H28N4O. The molecule has 1 aromatic rings. The molecule has 0 bridgehead atoms. The minimum Gasteiger partial charge on any atom is -0.341 e. The van der Waals surface area contributed by atoms with Gasteiger partial charge in [0.1, 0.15) is 0 Å². The fourth-order valence-electron chi connectivity index (χ4n) is 3.52. The van der Waals surface area contributed by atoms with Gasteiger partial charge in [-0.1, -0.05) is 12.2 Å². The number of hydrogen-bond donors (Lipinski definition) is 0. The van der Waals surface area contributed by atoms with Crippen LogP contribution in [-0.2, 0) is 17.9 Å². The van der Waals surface area contributed by atoms with Crippen molar-refractivity contribution in [1.29, 1.82) is 0 Å². The van der Waals surface area contributed by atoms with Crippen LogP contribution >= 0.6 is 0 Å². The van der Waals surface area contributed by atoms with E-state index in [4.69, 9.17) is 0 Å². The lowest BCUT2D eigenvalue weighted by Crippen LogP contribution is -2.35. The van der Waals surface area contributed by atoms with Crippen LogP contribution in [0.5, 0.6) is 0 Å². The number of amides is 1. The molecule has 23 heavy (non-hydrogen) atoms. The zero-order chi connectivity index (χ0) is 16.1. The van der Waals surface area contributed by atoms with Crippen LogP contribution in [0.15, 0.2) is 24.5 Å². The van der Waals surface area contributed by atoms with Crippen molar-refractivity contribution < 1.29 is 4.79 Å². The molecule has 5 nitrogen and oxygen atoms in total. The van der Waals surface area contributed by atoms with Crippen LogP contribution in [0.2, 0.25) is 0 Å². The highest BCUT2D eigenvalue weighted by molar-refractivity contribution is 5.76. The monoisotopic (exact) mass is 316 g/mol. The van der Waals surface area contributed by atoms with Gasteiger partial charge in [0, 0.05) is 57.4 Å². The minimum absolute atomic E-state index is 0.335. The standard InChI is InChI=1S/C18H28N4O/c1-2-22-15-17(13-19-22)14-20-8-5-9-21(11-10-20)18(23)12-16-6-3-4-7-16/h3,6,13,15-16H,2,4-5,7-12,14H2,1H3/t16-/m1/s1. The molecule has 0 N–H and O–H groups in total. The minimum atomic E-state index is 0.335. The summed E-state index contributed by atoms with van der Waals surface area (Å²) >= 11 is 0. The van der Waals surface area contributed by atoms with E-state index in [0.717, 1.165) is 58.5 Å². The van der Waals surface area contributed by atoms with Crippen molar-refractivity contribution in [3.63, 3.8) is 0 Å². The lowest BCUT2D eigenvalue weighted by atomic mass is 10.0. The Bertz CT molecular complexity index is 551. The fourth-order valence-corrected chi connectivity index (χ4v) is 3.52. The van der Waals surface area contributed by atoms with Gasteiger partial charge < -0.3 is 4.90 Å². The Balaban J connectivity index is 1.48. The Morgan fingerprint density at radius 3 is 2.96 bits per heavy atom.